The Morgan fingerprint density at radius 1 is 1.50 bits per heavy atom. The fourth-order valence-electron chi connectivity index (χ4n) is 1.72. The summed E-state index contributed by atoms with van der Waals surface area (Å²) in [7, 11) is 0. The van der Waals surface area contributed by atoms with Crippen LogP contribution in [0.1, 0.15) is 11.9 Å². The molecule has 0 saturated heterocycles. The van der Waals surface area contributed by atoms with Crippen molar-refractivity contribution in [2.24, 2.45) is 10.9 Å². The molecule has 0 aliphatic heterocycles. The summed E-state index contributed by atoms with van der Waals surface area (Å²) in [5.41, 5.74) is 6.54. The summed E-state index contributed by atoms with van der Waals surface area (Å²) in [6.07, 6.45) is 0. The third kappa shape index (κ3) is 2.96. The predicted molar refractivity (Wildman–Crippen MR) is 74.0 cm³/mol. The van der Waals surface area contributed by atoms with E-state index in [1.807, 2.05) is 25.1 Å². The molecule has 1 heterocycles. The van der Waals surface area contributed by atoms with E-state index in [1.165, 1.54) is 4.70 Å². The number of amidine groups is 1. The molecule has 18 heavy (non-hydrogen) atoms. The number of hydrogen-bond acceptors (Lipinski definition) is 5. The first-order chi connectivity index (χ1) is 8.72. The van der Waals surface area contributed by atoms with Crippen molar-refractivity contribution in [2.75, 3.05) is 13.1 Å². The summed E-state index contributed by atoms with van der Waals surface area (Å²) in [4.78, 5) is 6.64. The second-order valence-corrected chi connectivity index (χ2v) is 5.09. The van der Waals surface area contributed by atoms with Crippen molar-refractivity contribution in [2.45, 2.75) is 13.5 Å². The van der Waals surface area contributed by atoms with Gasteiger partial charge in [-0.1, -0.05) is 24.2 Å². The van der Waals surface area contributed by atoms with Gasteiger partial charge in [-0.15, -0.1) is 11.3 Å². The maximum Gasteiger partial charge on any atom is 0.153 e. The van der Waals surface area contributed by atoms with E-state index in [4.69, 9.17) is 10.9 Å². The van der Waals surface area contributed by atoms with Gasteiger partial charge in [0.05, 0.1) is 23.3 Å². The van der Waals surface area contributed by atoms with E-state index < -0.39 is 0 Å². The quantitative estimate of drug-likeness (QED) is 0.374. The third-order valence-electron chi connectivity index (χ3n) is 2.66. The molecule has 0 atom stereocenters. The Hall–Kier alpha value is -1.66. The van der Waals surface area contributed by atoms with Crippen LogP contribution in [0, 0.1) is 0 Å². The Morgan fingerprint density at radius 2 is 2.28 bits per heavy atom. The van der Waals surface area contributed by atoms with Gasteiger partial charge in [-0.05, 0) is 18.7 Å². The molecule has 2 rings (SSSR count). The summed E-state index contributed by atoms with van der Waals surface area (Å²) in [6, 6.07) is 8.07. The first-order valence-corrected chi connectivity index (χ1v) is 6.57. The van der Waals surface area contributed by atoms with Crippen molar-refractivity contribution < 1.29 is 5.21 Å². The summed E-state index contributed by atoms with van der Waals surface area (Å²) < 4.78 is 1.19. The minimum atomic E-state index is 0.220. The summed E-state index contributed by atoms with van der Waals surface area (Å²) in [6.45, 7) is 4.03. The monoisotopic (exact) mass is 264 g/mol. The van der Waals surface area contributed by atoms with Crippen LogP contribution in [0.4, 0.5) is 0 Å². The number of thiazole rings is 1. The molecule has 6 heteroatoms. The average Bonchev–Trinajstić information content (AvgIpc) is 2.79. The SMILES string of the molecule is CCN(C/C(N)=N/O)Cc1nc2ccccc2s1. The molecule has 2 aromatic rings. The Kier molecular flexibility index (Phi) is 4.11. The lowest BCUT2D eigenvalue weighted by Gasteiger charge is -2.17. The number of fused-ring (bicyclic) bond motifs is 1. The molecule has 0 fully saturated rings. The highest BCUT2D eigenvalue weighted by atomic mass is 32.1. The Balaban J connectivity index is 2.11. The number of nitrogens with two attached hydrogens (primary N) is 1. The van der Waals surface area contributed by atoms with Crippen molar-refractivity contribution in [3.63, 3.8) is 0 Å². The third-order valence-corrected chi connectivity index (χ3v) is 3.68. The molecule has 96 valence electrons. The van der Waals surface area contributed by atoms with E-state index in [1.54, 1.807) is 11.3 Å². The number of likely N-dealkylation sites (N-methyl/N-ethyl adjacent to an activating group) is 1. The van der Waals surface area contributed by atoms with Crippen LogP contribution >= 0.6 is 11.3 Å². The lowest BCUT2D eigenvalue weighted by atomic mass is 10.3. The number of oxime groups is 1. The van der Waals surface area contributed by atoms with Gasteiger partial charge in [0.25, 0.3) is 0 Å². The van der Waals surface area contributed by atoms with Gasteiger partial charge >= 0.3 is 0 Å². The summed E-state index contributed by atoms with van der Waals surface area (Å²) in [5, 5.41) is 12.6. The van der Waals surface area contributed by atoms with Gasteiger partial charge in [0.15, 0.2) is 5.84 Å². The van der Waals surface area contributed by atoms with Crippen LogP contribution in [0.2, 0.25) is 0 Å². The highest BCUT2D eigenvalue weighted by molar-refractivity contribution is 7.18. The van der Waals surface area contributed by atoms with Crippen molar-refractivity contribution in [1.82, 2.24) is 9.88 Å². The predicted octanol–water partition coefficient (Wildman–Crippen LogP) is 1.86. The minimum absolute atomic E-state index is 0.220. The van der Waals surface area contributed by atoms with Gasteiger partial charge in [0, 0.05) is 0 Å². The van der Waals surface area contributed by atoms with Crippen molar-refractivity contribution >= 4 is 27.4 Å². The second-order valence-electron chi connectivity index (χ2n) is 3.97. The molecule has 1 aromatic carbocycles. The van der Waals surface area contributed by atoms with Crippen molar-refractivity contribution in [1.29, 1.82) is 0 Å². The Labute approximate surface area is 110 Å². The van der Waals surface area contributed by atoms with Gasteiger partial charge in [0.1, 0.15) is 5.01 Å². The molecule has 0 amide bonds. The van der Waals surface area contributed by atoms with Crippen molar-refractivity contribution in [3.8, 4) is 0 Å². The van der Waals surface area contributed by atoms with Gasteiger partial charge in [-0.2, -0.15) is 0 Å². The van der Waals surface area contributed by atoms with E-state index in [-0.39, 0.29) is 5.84 Å². The Bertz CT molecular complexity index is 519. The smallest absolute Gasteiger partial charge is 0.153 e. The maximum atomic E-state index is 8.58. The molecule has 3 N–H and O–H groups in total. The summed E-state index contributed by atoms with van der Waals surface area (Å²) in [5.74, 6) is 0.220. The molecular weight excluding hydrogens is 248 g/mol. The van der Waals surface area contributed by atoms with E-state index in [0.717, 1.165) is 17.1 Å². The van der Waals surface area contributed by atoms with E-state index >= 15 is 0 Å². The van der Waals surface area contributed by atoms with Crippen LogP contribution in [0.15, 0.2) is 29.4 Å². The highest BCUT2D eigenvalue weighted by Gasteiger charge is 2.09. The molecule has 0 radical (unpaired) electrons. The molecular formula is C12H16N4OS. The van der Waals surface area contributed by atoms with Crippen LogP contribution in [0.5, 0.6) is 0 Å². The number of nitrogens with zero attached hydrogens (tertiary/aromatic N) is 3. The lowest BCUT2D eigenvalue weighted by Crippen LogP contribution is -2.33. The largest absolute Gasteiger partial charge is 0.409 e. The average molecular weight is 264 g/mol. The normalized spacial score (nSPS) is 12.4. The molecule has 0 aliphatic rings. The zero-order valence-corrected chi connectivity index (χ0v) is 11.0. The zero-order valence-electron chi connectivity index (χ0n) is 10.2. The molecule has 0 spiro atoms. The van der Waals surface area contributed by atoms with E-state index in [2.05, 4.69) is 21.1 Å². The van der Waals surface area contributed by atoms with Crippen LogP contribution in [-0.2, 0) is 6.54 Å². The highest BCUT2D eigenvalue weighted by Crippen LogP contribution is 2.22. The minimum Gasteiger partial charge on any atom is -0.409 e. The van der Waals surface area contributed by atoms with Crippen LogP contribution in [0.3, 0.4) is 0 Å². The van der Waals surface area contributed by atoms with Crippen LogP contribution < -0.4 is 5.73 Å². The molecule has 1 aromatic heterocycles. The Morgan fingerprint density at radius 3 is 2.94 bits per heavy atom. The topological polar surface area (TPSA) is 74.7 Å². The van der Waals surface area contributed by atoms with Crippen molar-refractivity contribution in [3.05, 3.63) is 29.3 Å². The fraction of sp³-hybridized carbons (Fsp3) is 0.333. The van der Waals surface area contributed by atoms with E-state index in [0.29, 0.717) is 13.1 Å². The van der Waals surface area contributed by atoms with Crippen LogP contribution in [-0.4, -0.2) is 34.0 Å². The number of benzene rings is 1. The second kappa shape index (κ2) is 5.79. The first-order valence-electron chi connectivity index (χ1n) is 5.76. The van der Waals surface area contributed by atoms with Gasteiger partial charge in [-0.3, -0.25) is 4.90 Å². The molecule has 0 bridgehead atoms. The summed E-state index contributed by atoms with van der Waals surface area (Å²) >= 11 is 1.68. The maximum absolute atomic E-state index is 8.58. The van der Waals surface area contributed by atoms with Gasteiger partial charge in [-0.25, -0.2) is 4.98 Å². The van der Waals surface area contributed by atoms with Gasteiger partial charge in [0.2, 0.25) is 0 Å². The lowest BCUT2D eigenvalue weighted by molar-refractivity contribution is 0.294. The standard InChI is InChI=1S/C12H16N4OS/c1-2-16(7-11(13)15-17)8-12-14-9-5-3-4-6-10(9)18-12/h3-6,17H,2,7-8H2,1H3,(H2,13,15). The number of rotatable bonds is 5. The zero-order chi connectivity index (χ0) is 13.0. The van der Waals surface area contributed by atoms with Gasteiger partial charge < -0.3 is 10.9 Å². The van der Waals surface area contributed by atoms with E-state index in [9.17, 15) is 0 Å². The van der Waals surface area contributed by atoms with Crippen LogP contribution in [0.25, 0.3) is 10.2 Å². The number of hydrogen-bond donors (Lipinski definition) is 2. The number of aromatic nitrogens is 1. The molecule has 0 aliphatic carbocycles. The molecule has 0 saturated carbocycles. The first kappa shape index (κ1) is 12.8. The fourth-order valence-corrected chi connectivity index (χ4v) is 2.73. The molecule has 5 nitrogen and oxygen atoms in total. The number of para-hydroxylation sites is 1. The molecule has 0 unspecified atom stereocenters.